The first-order valence-electron chi connectivity index (χ1n) is 7.13. The molecule has 0 bridgehead atoms. The molecule has 0 spiro atoms. The lowest BCUT2D eigenvalue weighted by atomic mass is 9.99. The first-order chi connectivity index (χ1) is 10.6. The summed E-state index contributed by atoms with van der Waals surface area (Å²) in [6, 6.07) is 0. The molecule has 0 radical (unpaired) electrons. The summed E-state index contributed by atoms with van der Waals surface area (Å²) in [5, 5.41) is 38.0. The third-order valence-corrected chi connectivity index (χ3v) is 3.05. The van der Waals surface area contributed by atoms with Crippen LogP contribution in [-0.4, -0.2) is 64.3 Å². The van der Waals surface area contributed by atoms with Crippen LogP contribution in [0.3, 0.4) is 0 Å². The number of hydrogen-bond donors (Lipinski definition) is 4. The van der Waals surface area contributed by atoms with E-state index in [2.05, 4.69) is 23.7 Å². The van der Waals surface area contributed by atoms with Crippen LogP contribution in [0.25, 0.3) is 0 Å². The summed E-state index contributed by atoms with van der Waals surface area (Å²) >= 11 is 0. The highest BCUT2D eigenvalue weighted by molar-refractivity contribution is 5.30. The molecule has 1 fully saturated rings. The Hall–Kier alpha value is -1.38. The van der Waals surface area contributed by atoms with Crippen molar-refractivity contribution in [2.24, 2.45) is 0 Å². The zero-order valence-corrected chi connectivity index (χ0v) is 12.5. The summed E-state index contributed by atoms with van der Waals surface area (Å²) in [6.45, 7) is 1.67. The van der Waals surface area contributed by atoms with Crippen LogP contribution in [0.1, 0.15) is 19.8 Å². The molecule has 1 aliphatic heterocycles. The van der Waals surface area contributed by atoms with E-state index in [-0.39, 0.29) is 6.61 Å². The molecule has 122 valence electrons. The second-order valence-electron chi connectivity index (χ2n) is 4.74. The zero-order valence-electron chi connectivity index (χ0n) is 12.5. The van der Waals surface area contributed by atoms with Gasteiger partial charge in [0.2, 0.25) is 0 Å². The van der Waals surface area contributed by atoms with E-state index in [4.69, 9.17) is 14.6 Å². The molecule has 0 aromatic carbocycles. The third kappa shape index (κ3) is 5.78. The number of aliphatic hydroxyl groups excluding tert-OH is 4. The second-order valence-corrected chi connectivity index (χ2v) is 4.74. The third-order valence-electron chi connectivity index (χ3n) is 3.05. The summed E-state index contributed by atoms with van der Waals surface area (Å²) in [5.74, 6) is 11.0. The standard InChI is InChI=1S/C16H22O6/c1-2-3-4-5-6-7-8-9-10-21-16-15(20)14(19)13(18)12(11-17)22-16/h2-3,12-20H,8-11H2,1H3/b3-2+/t12-,13-,14+,15-,16-/m1/s1. The van der Waals surface area contributed by atoms with Gasteiger partial charge in [0.1, 0.15) is 24.4 Å². The van der Waals surface area contributed by atoms with E-state index in [0.29, 0.717) is 12.8 Å². The molecule has 0 saturated carbocycles. The van der Waals surface area contributed by atoms with Gasteiger partial charge in [0.25, 0.3) is 0 Å². The predicted octanol–water partition coefficient (Wildman–Crippen LogP) is -0.834. The van der Waals surface area contributed by atoms with Gasteiger partial charge in [-0.3, -0.25) is 0 Å². The normalized spacial score (nSPS) is 31.2. The van der Waals surface area contributed by atoms with Gasteiger partial charge in [-0.25, -0.2) is 0 Å². The lowest BCUT2D eigenvalue weighted by Crippen LogP contribution is -2.59. The molecule has 5 atom stereocenters. The lowest BCUT2D eigenvalue weighted by Gasteiger charge is -2.39. The van der Waals surface area contributed by atoms with Crippen molar-refractivity contribution in [2.75, 3.05) is 13.2 Å². The maximum Gasteiger partial charge on any atom is 0.186 e. The van der Waals surface area contributed by atoms with Crippen LogP contribution in [0.5, 0.6) is 0 Å². The van der Waals surface area contributed by atoms with E-state index < -0.39 is 37.3 Å². The number of ether oxygens (including phenoxy) is 2. The second kappa shape index (κ2) is 10.4. The quantitative estimate of drug-likeness (QED) is 0.391. The molecule has 0 aliphatic carbocycles. The van der Waals surface area contributed by atoms with E-state index in [1.165, 1.54) is 0 Å². The Bertz CT molecular complexity index is 464. The fraction of sp³-hybridized carbons (Fsp3) is 0.625. The van der Waals surface area contributed by atoms with Crippen LogP contribution in [0.15, 0.2) is 12.2 Å². The largest absolute Gasteiger partial charge is 0.394 e. The fourth-order valence-corrected chi connectivity index (χ4v) is 1.83. The van der Waals surface area contributed by atoms with Crippen LogP contribution in [0.4, 0.5) is 0 Å². The van der Waals surface area contributed by atoms with Gasteiger partial charge in [-0.2, -0.15) is 0 Å². The van der Waals surface area contributed by atoms with Crippen molar-refractivity contribution in [1.29, 1.82) is 0 Å². The van der Waals surface area contributed by atoms with E-state index >= 15 is 0 Å². The average molecular weight is 310 g/mol. The Kier molecular flexibility index (Phi) is 8.79. The van der Waals surface area contributed by atoms with Crippen LogP contribution in [-0.2, 0) is 9.47 Å². The zero-order chi connectivity index (χ0) is 16.4. The van der Waals surface area contributed by atoms with Crippen molar-refractivity contribution < 1.29 is 29.9 Å². The molecular formula is C16H22O6. The van der Waals surface area contributed by atoms with Gasteiger partial charge >= 0.3 is 0 Å². The van der Waals surface area contributed by atoms with Gasteiger partial charge in [-0.05, 0) is 31.3 Å². The van der Waals surface area contributed by atoms with E-state index in [0.717, 1.165) is 0 Å². The molecule has 0 aromatic rings. The molecule has 6 heteroatoms. The molecule has 0 aromatic heterocycles. The van der Waals surface area contributed by atoms with Crippen molar-refractivity contribution in [1.82, 2.24) is 0 Å². The molecule has 0 unspecified atom stereocenters. The van der Waals surface area contributed by atoms with Crippen molar-refractivity contribution in [2.45, 2.75) is 50.5 Å². The van der Waals surface area contributed by atoms with Crippen LogP contribution in [0, 0.1) is 23.7 Å². The highest BCUT2D eigenvalue weighted by Crippen LogP contribution is 2.21. The smallest absolute Gasteiger partial charge is 0.186 e. The maximum absolute atomic E-state index is 9.75. The maximum atomic E-state index is 9.75. The Morgan fingerprint density at radius 3 is 2.59 bits per heavy atom. The Morgan fingerprint density at radius 2 is 1.91 bits per heavy atom. The minimum Gasteiger partial charge on any atom is -0.394 e. The van der Waals surface area contributed by atoms with Gasteiger partial charge in [-0.1, -0.05) is 17.9 Å². The predicted molar refractivity (Wildman–Crippen MR) is 79.3 cm³/mol. The summed E-state index contributed by atoms with van der Waals surface area (Å²) in [5.41, 5.74) is 0. The first kappa shape index (κ1) is 18.7. The van der Waals surface area contributed by atoms with Gasteiger partial charge in [0.15, 0.2) is 6.29 Å². The molecule has 1 rings (SSSR count). The highest BCUT2D eigenvalue weighted by Gasteiger charge is 2.43. The monoisotopic (exact) mass is 310 g/mol. The lowest BCUT2D eigenvalue weighted by molar-refractivity contribution is -0.301. The van der Waals surface area contributed by atoms with E-state index in [1.54, 1.807) is 6.08 Å². The number of hydrogen-bond acceptors (Lipinski definition) is 6. The average Bonchev–Trinajstić information content (AvgIpc) is 2.53. The van der Waals surface area contributed by atoms with Crippen molar-refractivity contribution >= 4 is 0 Å². The number of unbranched alkanes of at least 4 members (excludes halogenated alkanes) is 1. The van der Waals surface area contributed by atoms with Crippen LogP contribution >= 0.6 is 0 Å². The summed E-state index contributed by atoms with van der Waals surface area (Å²) < 4.78 is 10.5. The van der Waals surface area contributed by atoms with Gasteiger partial charge < -0.3 is 29.9 Å². The molecular weight excluding hydrogens is 288 g/mol. The highest BCUT2D eigenvalue weighted by atomic mass is 16.7. The first-order valence-corrected chi connectivity index (χ1v) is 7.13. The van der Waals surface area contributed by atoms with Crippen molar-refractivity contribution in [3.63, 3.8) is 0 Å². The molecule has 1 saturated heterocycles. The molecule has 6 nitrogen and oxygen atoms in total. The Morgan fingerprint density at radius 1 is 1.14 bits per heavy atom. The number of rotatable bonds is 5. The van der Waals surface area contributed by atoms with Crippen molar-refractivity contribution in [3.8, 4) is 23.7 Å². The summed E-state index contributed by atoms with van der Waals surface area (Å²) in [6.07, 6.45) is -1.49. The topological polar surface area (TPSA) is 99.4 Å². The Labute approximate surface area is 130 Å². The Balaban J connectivity index is 2.31. The SMILES string of the molecule is C/C=C/C#CC#CCCCO[C@@H]1O[C@H](CO)[C@@H](O)[C@H](O)[C@H]1O. The van der Waals surface area contributed by atoms with Gasteiger partial charge in [0.05, 0.1) is 13.2 Å². The molecule has 4 N–H and O–H groups in total. The van der Waals surface area contributed by atoms with Crippen LogP contribution < -0.4 is 0 Å². The van der Waals surface area contributed by atoms with E-state index in [1.807, 2.05) is 13.0 Å². The van der Waals surface area contributed by atoms with Crippen LogP contribution in [0.2, 0.25) is 0 Å². The summed E-state index contributed by atoms with van der Waals surface area (Å²) in [4.78, 5) is 0. The van der Waals surface area contributed by atoms with E-state index in [9.17, 15) is 15.3 Å². The number of aliphatic hydroxyl groups is 4. The van der Waals surface area contributed by atoms with Gasteiger partial charge in [0, 0.05) is 6.42 Å². The van der Waals surface area contributed by atoms with Gasteiger partial charge in [-0.15, -0.1) is 0 Å². The minimum absolute atomic E-state index is 0.264. The summed E-state index contributed by atoms with van der Waals surface area (Å²) in [7, 11) is 0. The minimum atomic E-state index is -1.42. The van der Waals surface area contributed by atoms with Crippen molar-refractivity contribution in [3.05, 3.63) is 12.2 Å². The molecule has 0 amide bonds. The fourth-order valence-electron chi connectivity index (χ4n) is 1.83. The molecule has 1 aliphatic rings. The molecule has 22 heavy (non-hydrogen) atoms. The molecule has 1 heterocycles. The number of allylic oxidation sites excluding steroid dienone is 2.